The number of nitrogens with one attached hydrogen (secondary N) is 2. The Balaban J connectivity index is 1.62. The van der Waals surface area contributed by atoms with E-state index in [4.69, 9.17) is 10.2 Å². The normalized spacial score (nSPS) is 10.9. The van der Waals surface area contributed by atoms with E-state index in [0.29, 0.717) is 17.2 Å². The van der Waals surface area contributed by atoms with Crippen LogP contribution in [0, 0.1) is 6.92 Å². The van der Waals surface area contributed by atoms with Gasteiger partial charge < -0.3 is 15.5 Å². The second kappa shape index (κ2) is 7.59. The Bertz CT molecular complexity index is 1210. The Kier molecular flexibility index (Phi) is 4.82. The Labute approximate surface area is 166 Å². The molecule has 2 heterocycles. The fourth-order valence-electron chi connectivity index (χ4n) is 3.03. The Morgan fingerprint density at radius 2 is 2.03 bits per heavy atom. The van der Waals surface area contributed by atoms with Crippen molar-refractivity contribution in [3.05, 3.63) is 54.2 Å². The van der Waals surface area contributed by atoms with E-state index in [1.807, 2.05) is 43.3 Å². The number of oxazole rings is 1. The highest BCUT2D eigenvalue weighted by atomic mass is 16.3. The highest BCUT2D eigenvalue weighted by Gasteiger charge is 2.16. The van der Waals surface area contributed by atoms with Crippen molar-refractivity contribution >= 4 is 28.6 Å². The van der Waals surface area contributed by atoms with Crippen molar-refractivity contribution in [3.8, 4) is 22.7 Å². The summed E-state index contributed by atoms with van der Waals surface area (Å²) in [5.41, 5.74) is 10.5. The fourth-order valence-corrected chi connectivity index (χ4v) is 3.03. The molecule has 0 bridgehead atoms. The van der Waals surface area contributed by atoms with Gasteiger partial charge in [-0.25, -0.2) is 4.98 Å². The number of primary amides is 1. The van der Waals surface area contributed by atoms with Crippen molar-refractivity contribution in [2.24, 2.45) is 5.73 Å². The maximum Gasteiger partial charge on any atom is 0.231 e. The number of fused-ring (bicyclic) bond motifs is 1. The van der Waals surface area contributed by atoms with Gasteiger partial charge in [0, 0.05) is 24.1 Å². The van der Waals surface area contributed by atoms with Crippen LogP contribution in [0.1, 0.15) is 18.4 Å². The molecule has 4 rings (SSSR count). The number of benzene rings is 2. The predicted octanol–water partition coefficient (Wildman–Crippen LogP) is 3.40. The molecule has 0 aliphatic heterocycles. The second-order valence-corrected chi connectivity index (χ2v) is 6.74. The zero-order chi connectivity index (χ0) is 20.4. The number of aromatic amines is 1. The lowest BCUT2D eigenvalue weighted by Crippen LogP contribution is -2.17. The van der Waals surface area contributed by atoms with Gasteiger partial charge in [0.15, 0.2) is 5.58 Å². The molecular formula is C21H19N5O3. The van der Waals surface area contributed by atoms with Crippen LogP contribution in [0.4, 0.5) is 5.69 Å². The number of nitrogens with zero attached hydrogens (tertiary/aromatic N) is 2. The molecule has 8 nitrogen and oxygen atoms in total. The number of anilines is 1. The van der Waals surface area contributed by atoms with Gasteiger partial charge >= 0.3 is 0 Å². The molecule has 0 aliphatic rings. The summed E-state index contributed by atoms with van der Waals surface area (Å²) >= 11 is 0. The van der Waals surface area contributed by atoms with Gasteiger partial charge in [0.25, 0.3) is 0 Å². The number of amides is 2. The monoisotopic (exact) mass is 389 g/mol. The molecule has 0 saturated heterocycles. The minimum absolute atomic E-state index is 0.00736. The number of carbonyl (C=O) groups excluding carboxylic acids is 2. The first-order valence-electron chi connectivity index (χ1n) is 9.09. The van der Waals surface area contributed by atoms with Crippen LogP contribution in [0.15, 0.2) is 53.1 Å². The molecule has 0 fully saturated rings. The Hall–Kier alpha value is -3.94. The Morgan fingerprint density at radius 1 is 1.17 bits per heavy atom. The summed E-state index contributed by atoms with van der Waals surface area (Å²) in [6, 6.07) is 13.1. The number of aryl methyl sites for hydroxylation is 1. The van der Waals surface area contributed by atoms with Crippen LogP contribution in [0.25, 0.3) is 33.8 Å². The predicted molar refractivity (Wildman–Crippen MR) is 109 cm³/mol. The molecule has 2 aromatic carbocycles. The smallest absolute Gasteiger partial charge is 0.231 e. The summed E-state index contributed by atoms with van der Waals surface area (Å²) in [5.74, 6) is -0.324. The van der Waals surface area contributed by atoms with E-state index in [9.17, 15) is 9.59 Å². The highest BCUT2D eigenvalue weighted by Crippen LogP contribution is 2.32. The third kappa shape index (κ3) is 4.01. The number of carbonyl (C=O) groups is 2. The number of hydrogen-bond acceptors (Lipinski definition) is 5. The molecule has 4 N–H and O–H groups in total. The van der Waals surface area contributed by atoms with Crippen molar-refractivity contribution in [2.75, 3.05) is 5.32 Å². The molecule has 8 heteroatoms. The Morgan fingerprint density at radius 3 is 2.86 bits per heavy atom. The summed E-state index contributed by atoms with van der Waals surface area (Å²) in [7, 11) is 0. The van der Waals surface area contributed by atoms with Gasteiger partial charge in [-0.1, -0.05) is 18.2 Å². The number of hydrogen-bond donors (Lipinski definition) is 3. The van der Waals surface area contributed by atoms with Crippen LogP contribution in [-0.2, 0) is 9.59 Å². The van der Waals surface area contributed by atoms with E-state index in [2.05, 4.69) is 20.5 Å². The molecular weight excluding hydrogens is 370 g/mol. The van der Waals surface area contributed by atoms with Gasteiger partial charge in [0.05, 0.1) is 17.5 Å². The van der Waals surface area contributed by atoms with Gasteiger partial charge in [0.2, 0.25) is 17.7 Å². The topological polar surface area (TPSA) is 127 Å². The van der Waals surface area contributed by atoms with Crippen LogP contribution in [0.2, 0.25) is 0 Å². The summed E-state index contributed by atoms with van der Waals surface area (Å²) < 4.78 is 5.92. The van der Waals surface area contributed by atoms with Crippen LogP contribution < -0.4 is 11.1 Å². The van der Waals surface area contributed by atoms with E-state index < -0.39 is 5.91 Å². The van der Waals surface area contributed by atoms with Gasteiger partial charge in [0.1, 0.15) is 5.52 Å². The third-order valence-electron chi connectivity index (χ3n) is 4.45. The molecule has 0 aliphatic carbocycles. The summed E-state index contributed by atoms with van der Waals surface area (Å²) in [6.07, 6.45) is 1.70. The van der Waals surface area contributed by atoms with E-state index >= 15 is 0 Å². The second-order valence-electron chi connectivity index (χ2n) is 6.74. The zero-order valence-electron chi connectivity index (χ0n) is 15.7. The van der Waals surface area contributed by atoms with Gasteiger partial charge in [-0.2, -0.15) is 5.10 Å². The number of nitrogens with two attached hydrogens (primary N) is 1. The van der Waals surface area contributed by atoms with Crippen molar-refractivity contribution < 1.29 is 14.0 Å². The summed E-state index contributed by atoms with van der Waals surface area (Å²) in [4.78, 5) is 27.4. The van der Waals surface area contributed by atoms with Crippen LogP contribution in [0.3, 0.4) is 0 Å². The number of H-pyrrole nitrogens is 1. The molecule has 2 aromatic heterocycles. The first-order chi connectivity index (χ1) is 14.0. The standard InChI is InChI=1S/C21H19N5O3/c1-12-5-6-16-17(9-12)29-21(25-16)15-11-23-26-20(15)13-3-2-4-14(10-13)24-19(28)8-7-18(22)27/h2-6,9-11H,7-8H2,1H3,(H2,22,27)(H,23,26)(H,24,28). The number of aromatic nitrogens is 3. The molecule has 0 atom stereocenters. The summed E-state index contributed by atoms with van der Waals surface area (Å²) in [5, 5.41) is 9.88. The minimum atomic E-state index is -0.510. The van der Waals surface area contributed by atoms with Crippen LogP contribution in [-0.4, -0.2) is 27.0 Å². The van der Waals surface area contributed by atoms with Crippen LogP contribution >= 0.6 is 0 Å². The molecule has 2 amide bonds. The molecule has 0 radical (unpaired) electrons. The SMILES string of the molecule is Cc1ccc2nc(-c3cn[nH]c3-c3cccc(NC(=O)CCC(N)=O)c3)oc2c1. The largest absolute Gasteiger partial charge is 0.436 e. The minimum Gasteiger partial charge on any atom is -0.436 e. The average Bonchev–Trinajstić information content (AvgIpc) is 3.33. The molecule has 0 saturated carbocycles. The highest BCUT2D eigenvalue weighted by molar-refractivity contribution is 5.94. The molecule has 0 unspecified atom stereocenters. The first-order valence-corrected chi connectivity index (χ1v) is 9.09. The molecule has 29 heavy (non-hydrogen) atoms. The maximum absolute atomic E-state index is 12.0. The molecule has 146 valence electrons. The maximum atomic E-state index is 12.0. The van der Waals surface area contributed by atoms with Crippen molar-refractivity contribution in [3.63, 3.8) is 0 Å². The zero-order valence-corrected chi connectivity index (χ0v) is 15.7. The third-order valence-corrected chi connectivity index (χ3v) is 4.45. The lowest BCUT2D eigenvalue weighted by molar-refractivity contribution is -0.122. The van der Waals surface area contributed by atoms with Gasteiger partial charge in [-0.3, -0.25) is 14.7 Å². The first kappa shape index (κ1) is 18.4. The fraction of sp³-hybridized carbons (Fsp3) is 0.143. The molecule has 4 aromatic rings. The number of rotatable bonds is 6. The molecule has 0 spiro atoms. The van der Waals surface area contributed by atoms with Crippen LogP contribution in [0.5, 0.6) is 0 Å². The lowest BCUT2D eigenvalue weighted by Gasteiger charge is -2.07. The summed E-state index contributed by atoms with van der Waals surface area (Å²) in [6.45, 7) is 1.99. The lowest BCUT2D eigenvalue weighted by atomic mass is 10.1. The van der Waals surface area contributed by atoms with Crippen molar-refractivity contribution in [1.29, 1.82) is 0 Å². The van der Waals surface area contributed by atoms with E-state index in [1.54, 1.807) is 12.3 Å². The van der Waals surface area contributed by atoms with Gasteiger partial charge in [-0.15, -0.1) is 0 Å². The van der Waals surface area contributed by atoms with E-state index in [1.165, 1.54) is 0 Å². The van der Waals surface area contributed by atoms with Crippen molar-refractivity contribution in [2.45, 2.75) is 19.8 Å². The quantitative estimate of drug-likeness (QED) is 0.466. The average molecular weight is 389 g/mol. The van der Waals surface area contributed by atoms with E-state index in [-0.39, 0.29) is 18.7 Å². The van der Waals surface area contributed by atoms with Crippen molar-refractivity contribution in [1.82, 2.24) is 15.2 Å². The van der Waals surface area contributed by atoms with Gasteiger partial charge in [-0.05, 0) is 36.8 Å². The van der Waals surface area contributed by atoms with E-state index in [0.717, 1.165) is 27.9 Å².